The maximum atomic E-state index is 12.8. The molecule has 0 radical (unpaired) electrons. The summed E-state index contributed by atoms with van der Waals surface area (Å²) in [5.74, 6) is 0.568. The molecule has 0 aliphatic rings. The van der Waals surface area contributed by atoms with Gasteiger partial charge in [0.05, 0.1) is 28.6 Å². The first-order valence-corrected chi connectivity index (χ1v) is 10.7. The van der Waals surface area contributed by atoms with Crippen LogP contribution in [-0.4, -0.2) is 27.0 Å². The molecule has 4 rings (SSSR count). The Bertz CT molecular complexity index is 1260. The third-order valence-corrected chi connectivity index (χ3v) is 5.18. The SMILES string of the molecule is CC(C)Oc1ccc(C(=O)Nc2ccc(Cl)c(-c3ncc(-c4ccccc4)[nH]3)c2)c(Cl)n1. The summed E-state index contributed by atoms with van der Waals surface area (Å²) in [4.78, 5) is 24.6. The van der Waals surface area contributed by atoms with Gasteiger partial charge in [-0.05, 0) is 43.7 Å². The molecular formula is C24H20Cl2N4O2. The number of hydrogen-bond acceptors (Lipinski definition) is 4. The zero-order valence-corrected chi connectivity index (χ0v) is 18.9. The van der Waals surface area contributed by atoms with Crippen molar-refractivity contribution in [1.82, 2.24) is 15.0 Å². The number of ether oxygens (including phenoxy) is 1. The van der Waals surface area contributed by atoms with Gasteiger partial charge in [0.2, 0.25) is 5.88 Å². The van der Waals surface area contributed by atoms with Crippen LogP contribution in [0.25, 0.3) is 22.6 Å². The predicted molar refractivity (Wildman–Crippen MR) is 127 cm³/mol. The van der Waals surface area contributed by atoms with Crippen LogP contribution >= 0.6 is 23.2 Å². The zero-order valence-electron chi connectivity index (χ0n) is 17.4. The van der Waals surface area contributed by atoms with Crippen molar-refractivity contribution in [3.63, 3.8) is 0 Å². The fourth-order valence-corrected chi connectivity index (χ4v) is 3.54. The monoisotopic (exact) mass is 466 g/mol. The lowest BCUT2D eigenvalue weighted by Crippen LogP contribution is -2.14. The van der Waals surface area contributed by atoms with Crippen LogP contribution < -0.4 is 10.1 Å². The van der Waals surface area contributed by atoms with Gasteiger partial charge >= 0.3 is 0 Å². The van der Waals surface area contributed by atoms with Crippen LogP contribution in [0.5, 0.6) is 5.88 Å². The number of halogens is 2. The van der Waals surface area contributed by atoms with Crippen molar-refractivity contribution in [2.24, 2.45) is 0 Å². The second kappa shape index (κ2) is 9.42. The smallest absolute Gasteiger partial charge is 0.258 e. The summed E-state index contributed by atoms with van der Waals surface area (Å²) in [5, 5.41) is 3.40. The number of nitrogens with one attached hydrogen (secondary N) is 2. The molecule has 4 aromatic rings. The first-order chi connectivity index (χ1) is 15.4. The molecule has 0 bridgehead atoms. The van der Waals surface area contributed by atoms with Crippen molar-refractivity contribution in [3.8, 4) is 28.5 Å². The molecule has 2 aromatic heterocycles. The van der Waals surface area contributed by atoms with Gasteiger partial charge in [-0.25, -0.2) is 9.97 Å². The second-order valence-corrected chi connectivity index (χ2v) is 8.08. The number of pyridine rings is 1. The molecule has 0 saturated heterocycles. The number of carbonyl (C=O) groups is 1. The normalized spacial score (nSPS) is 10.9. The largest absolute Gasteiger partial charge is 0.475 e. The number of hydrogen-bond donors (Lipinski definition) is 2. The Morgan fingerprint density at radius 3 is 2.56 bits per heavy atom. The van der Waals surface area contributed by atoms with E-state index in [1.807, 2.05) is 44.2 Å². The highest BCUT2D eigenvalue weighted by Crippen LogP contribution is 2.31. The highest BCUT2D eigenvalue weighted by Gasteiger charge is 2.15. The van der Waals surface area contributed by atoms with E-state index in [-0.39, 0.29) is 16.8 Å². The van der Waals surface area contributed by atoms with Crippen molar-refractivity contribution in [2.75, 3.05) is 5.32 Å². The van der Waals surface area contributed by atoms with Gasteiger partial charge < -0.3 is 15.0 Å². The van der Waals surface area contributed by atoms with Crippen LogP contribution in [0.2, 0.25) is 10.2 Å². The molecule has 0 saturated carbocycles. The summed E-state index contributed by atoms with van der Waals surface area (Å²) in [6.07, 6.45) is 1.70. The molecule has 6 nitrogen and oxygen atoms in total. The van der Waals surface area contributed by atoms with E-state index in [4.69, 9.17) is 27.9 Å². The van der Waals surface area contributed by atoms with Gasteiger partial charge in [-0.1, -0.05) is 53.5 Å². The molecule has 0 unspecified atom stereocenters. The molecule has 2 heterocycles. The molecule has 2 N–H and O–H groups in total. The van der Waals surface area contributed by atoms with Gasteiger partial charge in [0.15, 0.2) is 0 Å². The number of anilines is 1. The van der Waals surface area contributed by atoms with Crippen molar-refractivity contribution < 1.29 is 9.53 Å². The summed E-state index contributed by atoms with van der Waals surface area (Å²) >= 11 is 12.6. The summed E-state index contributed by atoms with van der Waals surface area (Å²) in [6.45, 7) is 3.77. The maximum Gasteiger partial charge on any atom is 0.258 e. The number of amides is 1. The van der Waals surface area contributed by atoms with Crippen molar-refractivity contribution in [3.05, 3.63) is 82.6 Å². The lowest BCUT2D eigenvalue weighted by atomic mass is 10.1. The molecule has 32 heavy (non-hydrogen) atoms. The quantitative estimate of drug-likeness (QED) is 0.318. The number of H-pyrrole nitrogens is 1. The topological polar surface area (TPSA) is 79.9 Å². The van der Waals surface area contributed by atoms with Crippen molar-refractivity contribution in [1.29, 1.82) is 0 Å². The standard InChI is InChI=1S/C24H20Cl2N4O2/c1-14(2)32-21-11-9-17(22(26)30-21)24(31)28-16-8-10-19(25)18(12-16)23-27-13-20(29-23)15-6-4-3-5-7-15/h3-14H,1-2H3,(H,27,29)(H,28,31). The Morgan fingerprint density at radius 1 is 1.06 bits per heavy atom. The molecule has 0 fully saturated rings. The molecule has 1 amide bonds. The van der Waals surface area contributed by atoms with Crippen LogP contribution in [0.1, 0.15) is 24.2 Å². The lowest BCUT2D eigenvalue weighted by molar-refractivity contribution is 0.102. The second-order valence-electron chi connectivity index (χ2n) is 7.31. The van der Waals surface area contributed by atoms with Crippen LogP contribution in [0.4, 0.5) is 5.69 Å². The molecule has 162 valence electrons. The summed E-state index contributed by atoms with van der Waals surface area (Å²) in [7, 11) is 0. The fourth-order valence-electron chi connectivity index (χ4n) is 3.10. The third kappa shape index (κ3) is 4.93. The highest BCUT2D eigenvalue weighted by atomic mass is 35.5. The van der Waals surface area contributed by atoms with E-state index in [1.165, 1.54) is 0 Å². The predicted octanol–water partition coefficient (Wildman–Crippen LogP) is 6.49. The van der Waals surface area contributed by atoms with Gasteiger partial charge in [0.1, 0.15) is 11.0 Å². The molecule has 8 heteroatoms. The molecular weight excluding hydrogens is 447 g/mol. The van der Waals surface area contributed by atoms with E-state index in [9.17, 15) is 4.79 Å². The zero-order chi connectivity index (χ0) is 22.7. The minimum absolute atomic E-state index is 0.0465. The molecule has 2 aromatic carbocycles. The Kier molecular flexibility index (Phi) is 6.44. The summed E-state index contributed by atoms with van der Waals surface area (Å²) < 4.78 is 5.51. The lowest BCUT2D eigenvalue weighted by Gasteiger charge is -2.11. The number of carbonyl (C=O) groups excluding carboxylic acids is 1. The van der Waals surface area contributed by atoms with Gasteiger partial charge in [0, 0.05) is 17.3 Å². The first-order valence-electron chi connectivity index (χ1n) is 9.95. The van der Waals surface area contributed by atoms with Crippen molar-refractivity contribution in [2.45, 2.75) is 20.0 Å². The molecule has 0 spiro atoms. The first kappa shape index (κ1) is 21.9. The highest BCUT2D eigenvalue weighted by molar-refractivity contribution is 6.34. The van der Waals surface area contributed by atoms with Gasteiger partial charge in [0.25, 0.3) is 5.91 Å². The Morgan fingerprint density at radius 2 is 1.84 bits per heavy atom. The fraction of sp³-hybridized carbons (Fsp3) is 0.125. The minimum atomic E-state index is -0.392. The van der Waals surface area contributed by atoms with Gasteiger partial charge in [-0.3, -0.25) is 4.79 Å². The van der Waals surface area contributed by atoms with E-state index in [0.717, 1.165) is 11.3 Å². The van der Waals surface area contributed by atoms with E-state index in [0.29, 0.717) is 28.0 Å². The Hall–Kier alpha value is -3.35. The number of nitrogens with zero attached hydrogens (tertiary/aromatic N) is 2. The van der Waals surface area contributed by atoms with Gasteiger partial charge in [-0.15, -0.1) is 0 Å². The maximum absolute atomic E-state index is 12.8. The number of rotatable bonds is 6. The number of aromatic nitrogens is 3. The van der Waals surface area contributed by atoms with E-state index in [1.54, 1.807) is 36.5 Å². The molecule has 0 aliphatic heterocycles. The van der Waals surface area contributed by atoms with E-state index < -0.39 is 5.91 Å². The van der Waals surface area contributed by atoms with Crippen LogP contribution in [0.15, 0.2) is 66.9 Å². The van der Waals surface area contributed by atoms with E-state index in [2.05, 4.69) is 20.3 Å². The average Bonchev–Trinajstić information content (AvgIpc) is 3.25. The number of imidazole rings is 1. The summed E-state index contributed by atoms with van der Waals surface area (Å²) in [6, 6.07) is 18.2. The average molecular weight is 467 g/mol. The van der Waals surface area contributed by atoms with Crippen LogP contribution in [-0.2, 0) is 0 Å². The van der Waals surface area contributed by atoms with Gasteiger partial charge in [-0.2, -0.15) is 0 Å². The Balaban J connectivity index is 1.56. The molecule has 0 atom stereocenters. The third-order valence-electron chi connectivity index (χ3n) is 4.56. The minimum Gasteiger partial charge on any atom is -0.475 e. The Labute approximate surface area is 195 Å². The van der Waals surface area contributed by atoms with Crippen LogP contribution in [0.3, 0.4) is 0 Å². The van der Waals surface area contributed by atoms with Crippen molar-refractivity contribution >= 4 is 34.8 Å². The number of benzene rings is 2. The molecule has 0 aliphatic carbocycles. The van der Waals surface area contributed by atoms with E-state index >= 15 is 0 Å². The number of aromatic amines is 1. The summed E-state index contributed by atoms with van der Waals surface area (Å²) in [5.41, 5.74) is 3.33. The van der Waals surface area contributed by atoms with Crippen LogP contribution in [0, 0.1) is 0 Å².